The molecule has 1 aliphatic rings. The molecule has 1 nitrogen and oxygen atoms in total. The average Bonchev–Trinajstić information content (AvgIpc) is 2.29. The Morgan fingerprint density at radius 2 is 1.19 bits per heavy atom. The van der Waals surface area contributed by atoms with E-state index in [4.69, 9.17) is 4.74 Å². The van der Waals surface area contributed by atoms with Gasteiger partial charge in [0.05, 0.1) is 9.79 Å². The average molecular weight is 238 g/mol. The van der Waals surface area contributed by atoms with Gasteiger partial charge in [-0.25, -0.2) is 0 Å². The van der Waals surface area contributed by atoms with Gasteiger partial charge in [0, 0.05) is 0 Å². The number of rotatable bonds is 0. The van der Waals surface area contributed by atoms with Crippen molar-refractivity contribution in [1.29, 1.82) is 0 Å². The zero-order valence-electron chi connectivity index (χ0n) is 8.19. The van der Waals surface area contributed by atoms with Crippen LogP contribution in [0.15, 0.2) is 58.3 Å². The quantitative estimate of drug-likeness (QED) is 0.641. The van der Waals surface area contributed by atoms with Crippen molar-refractivity contribution in [3.8, 4) is 11.5 Å². The van der Waals surface area contributed by atoms with E-state index in [0.29, 0.717) is 0 Å². The molecule has 82 valence electrons. The summed E-state index contributed by atoms with van der Waals surface area (Å²) in [6.45, 7) is 0. The SMILES string of the molecule is FS1(F)c2ccccc2Oc2ccccc21. The maximum Gasteiger partial charge on any atom is 0.144 e. The first-order chi connectivity index (χ1) is 7.69. The summed E-state index contributed by atoms with van der Waals surface area (Å²) < 4.78 is 33.8. The van der Waals surface area contributed by atoms with Gasteiger partial charge >= 0.3 is 0 Å². The fourth-order valence-corrected chi connectivity index (χ4v) is 3.19. The molecule has 0 unspecified atom stereocenters. The molecule has 0 spiro atoms. The summed E-state index contributed by atoms with van der Waals surface area (Å²) in [7, 11) is -3.93. The molecule has 0 atom stereocenters. The molecule has 0 saturated carbocycles. The van der Waals surface area contributed by atoms with Crippen LogP contribution in [0.25, 0.3) is 0 Å². The van der Waals surface area contributed by atoms with E-state index in [2.05, 4.69) is 0 Å². The van der Waals surface area contributed by atoms with Crippen molar-refractivity contribution in [3.63, 3.8) is 0 Å². The Kier molecular flexibility index (Phi) is 1.94. The van der Waals surface area contributed by atoms with Crippen LogP contribution >= 0.6 is 10.8 Å². The lowest BCUT2D eigenvalue weighted by Gasteiger charge is -2.30. The molecule has 1 aliphatic heterocycles. The van der Waals surface area contributed by atoms with Gasteiger partial charge in [-0.3, -0.25) is 0 Å². The molecule has 4 heteroatoms. The number of fused-ring (bicyclic) bond motifs is 2. The largest absolute Gasteiger partial charge is 0.455 e. The third kappa shape index (κ3) is 1.23. The van der Waals surface area contributed by atoms with Crippen LogP contribution in [-0.2, 0) is 0 Å². The second-order valence-corrected chi connectivity index (χ2v) is 5.28. The molecule has 0 aliphatic carbocycles. The highest BCUT2D eigenvalue weighted by molar-refractivity contribution is 8.25. The van der Waals surface area contributed by atoms with Crippen molar-refractivity contribution in [2.75, 3.05) is 0 Å². The minimum Gasteiger partial charge on any atom is -0.455 e. The van der Waals surface area contributed by atoms with Gasteiger partial charge in [-0.2, -0.15) is 0 Å². The van der Waals surface area contributed by atoms with E-state index in [0.717, 1.165) is 0 Å². The lowest BCUT2D eigenvalue weighted by Crippen LogP contribution is -2.02. The van der Waals surface area contributed by atoms with E-state index in [1.807, 2.05) is 0 Å². The number of ether oxygens (including phenoxy) is 1. The predicted octanol–water partition coefficient (Wildman–Crippen LogP) is 4.78. The number of hydrogen-bond acceptors (Lipinski definition) is 1. The highest BCUT2D eigenvalue weighted by Crippen LogP contribution is 2.72. The second-order valence-electron chi connectivity index (χ2n) is 3.46. The van der Waals surface area contributed by atoms with Crippen LogP contribution < -0.4 is 4.74 Å². The maximum atomic E-state index is 14.2. The highest BCUT2D eigenvalue weighted by Gasteiger charge is 2.38. The van der Waals surface area contributed by atoms with Crippen molar-refractivity contribution in [1.82, 2.24) is 0 Å². The first-order valence-electron chi connectivity index (χ1n) is 4.78. The van der Waals surface area contributed by atoms with Gasteiger partial charge in [0.1, 0.15) is 22.3 Å². The first kappa shape index (κ1) is 9.66. The van der Waals surface area contributed by atoms with E-state index in [1.54, 1.807) is 36.4 Å². The summed E-state index contributed by atoms with van der Waals surface area (Å²) in [5, 5.41) is 0. The number of benzene rings is 2. The zero-order valence-corrected chi connectivity index (χ0v) is 9.01. The van der Waals surface area contributed by atoms with Crippen LogP contribution in [0.2, 0.25) is 0 Å². The summed E-state index contributed by atoms with van der Waals surface area (Å²) in [5.74, 6) is 0.530. The van der Waals surface area contributed by atoms with Crippen LogP contribution in [0.3, 0.4) is 0 Å². The van der Waals surface area contributed by atoms with Crippen LogP contribution in [0.1, 0.15) is 0 Å². The van der Waals surface area contributed by atoms with Gasteiger partial charge in [-0.15, -0.1) is 7.77 Å². The number of halogens is 2. The fourth-order valence-electron chi connectivity index (χ4n) is 1.73. The van der Waals surface area contributed by atoms with Crippen LogP contribution in [0, 0.1) is 0 Å². The Morgan fingerprint density at radius 3 is 1.69 bits per heavy atom. The Hall–Kier alpha value is -1.55. The van der Waals surface area contributed by atoms with Gasteiger partial charge in [0.15, 0.2) is 0 Å². The molecule has 0 radical (unpaired) electrons. The third-order valence-corrected chi connectivity index (χ3v) is 4.25. The van der Waals surface area contributed by atoms with E-state index in [1.165, 1.54) is 12.1 Å². The Morgan fingerprint density at radius 1 is 0.750 bits per heavy atom. The molecule has 0 saturated heterocycles. The molecule has 3 rings (SSSR count). The molecule has 1 heterocycles. The smallest absolute Gasteiger partial charge is 0.144 e. The van der Waals surface area contributed by atoms with E-state index < -0.39 is 10.8 Å². The minimum atomic E-state index is -3.93. The topological polar surface area (TPSA) is 9.23 Å². The monoisotopic (exact) mass is 238 g/mol. The summed E-state index contributed by atoms with van der Waals surface area (Å²) in [6.07, 6.45) is 0. The normalized spacial score (nSPS) is 17.9. The predicted molar refractivity (Wildman–Crippen MR) is 59.3 cm³/mol. The lowest BCUT2D eigenvalue weighted by molar-refractivity contribution is 0.444. The van der Waals surface area contributed by atoms with Gasteiger partial charge in [-0.05, 0) is 24.3 Å². The van der Waals surface area contributed by atoms with Crippen molar-refractivity contribution in [2.24, 2.45) is 0 Å². The fraction of sp³-hybridized carbons (Fsp3) is 0. The van der Waals surface area contributed by atoms with Gasteiger partial charge in [-0.1, -0.05) is 24.3 Å². The molecule has 0 aromatic heterocycles. The molecule has 0 bridgehead atoms. The number of hydrogen-bond donors (Lipinski definition) is 0. The van der Waals surface area contributed by atoms with Gasteiger partial charge in [0.2, 0.25) is 0 Å². The van der Waals surface area contributed by atoms with Crippen molar-refractivity contribution in [2.45, 2.75) is 9.79 Å². The standard InChI is InChI=1S/C12H8F2OS/c13-16(14)11-7-3-1-5-9(11)15-10-6-2-4-8-12(10)16/h1-8H. The molecule has 0 N–H and O–H groups in total. The second kappa shape index (κ2) is 3.22. The molecule has 0 amide bonds. The molecular weight excluding hydrogens is 230 g/mol. The van der Waals surface area contributed by atoms with Crippen LogP contribution in [0.5, 0.6) is 11.5 Å². The summed E-state index contributed by atoms with van der Waals surface area (Å²) in [4.78, 5) is 0.0161. The number of para-hydroxylation sites is 2. The zero-order chi connectivity index (χ0) is 11.2. The van der Waals surface area contributed by atoms with Crippen molar-refractivity contribution < 1.29 is 12.5 Å². The molecule has 2 aromatic rings. The molecule has 0 fully saturated rings. The minimum absolute atomic E-state index is 0.00806. The molecule has 2 aromatic carbocycles. The Labute approximate surface area is 93.6 Å². The first-order valence-corrected chi connectivity index (χ1v) is 6.21. The van der Waals surface area contributed by atoms with Gasteiger partial charge in [0.25, 0.3) is 0 Å². The lowest BCUT2D eigenvalue weighted by atomic mass is 10.3. The van der Waals surface area contributed by atoms with Crippen molar-refractivity contribution in [3.05, 3.63) is 48.5 Å². The highest BCUT2D eigenvalue weighted by atomic mass is 32.3. The van der Waals surface area contributed by atoms with E-state index in [9.17, 15) is 7.77 Å². The molecule has 16 heavy (non-hydrogen) atoms. The summed E-state index contributed by atoms with van der Waals surface area (Å²) in [6, 6.07) is 12.6. The third-order valence-electron chi connectivity index (χ3n) is 2.47. The summed E-state index contributed by atoms with van der Waals surface area (Å²) in [5.41, 5.74) is 0. The van der Waals surface area contributed by atoms with Crippen LogP contribution in [-0.4, -0.2) is 0 Å². The Bertz CT molecular complexity index is 507. The Balaban J connectivity index is 2.28. The van der Waals surface area contributed by atoms with Gasteiger partial charge < -0.3 is 4.74 Å². The van der Waals surface area contributed by atoms with E-state index >= 15 is 0 Å². The maximum absolute atomic E-state index is 14.2. The molecular formula is C12H8F2OS. The van der Waals surface area contributed by atoms with Crippen molar-refractivity contribution >= 4 is 10.8 Å². The summed E-state index contributed by atoms with van der Waals surface area (Å²) >= 11 is 0. The van der Waals surface area contributed by atoms with E-state index in [-0.39, 0.29) is 21.3 Å². The van der Waals surface area contributed by atoms with Crippen LogP contribution in [0.4, 0.5) is 7.77 Å².